The second-order valence-electron chi connectivity index (χ2n) is 4.43. The number of carbonyl (C=O) groups excluding carboxylic acids is 1. The molecule has 2 rings (SSSR count). The lowest BCUT2D eigenvalue weighted by atomic mass is 10.2. The van der Waals surface area contributed by atoms with E-state index in [1.165, 1.54) is 0 Å². The fraction of sp³-hybridized carbons (Fsp3) is 0.333. The van der Waals surface area contributed by atoms with Gasteiger partial charge in [0.15, 0.2) is 0 Å². The van der Waals surface area contributed by atoms with Crippen molar-refractivity contribution in [3.63, 3.8) is 0 Å². The van der Waals surface area contributed by atoms with Crippen LogP contribution in [0.2, 0.25) is 0 Å². The molecule has 1 amide bonds. The van der Waals surface area contributed by atoms with Gasteiger partial charge in [0, 0.05) is 30.3 Å². The van der Waals surface area contributed by atoms with Crippen molar-refractivity contribution in [2.24, 2.45) is 0 Å². The lowest BCUT2D eigenvalue weighted by molar-refractivity contribution is -0.120. The van der Waals surface area contributed by atoms with E-state index in [2.05, 4.69) is 22.9 Å². The van der Waals surface area contributed by atoms with E-state index in [1.807, 2.05) is 29.6 Å². The van der Waals surface area contributed by atoms with Crippen molar-refractivity contribution >= 4 is 29.9 Å². The average molecular weight is 322 g/mol. The quantitative estimate of drug-likeness (QED) is 0.771. The molecule has 0 spiro atoms. The van der Waals surface area contributed by atoms with E-state index in [4.69, 9.17) is 4.74 Å². The van der Waals surface area contributed by atoms with Gasteiger partial charge in [-0.3, -0.25) is 4.79 Å². The normalized spacial score (nSPS) is 10.4. The van der Waals surface area contributed by atoms with Gasteiger partial charge in [-0.1, -0.05) is 0 Å². The molecule has 21 heavy (non-hydrogen) atoms. The van der Waals surface area contributed by atoms with Crippen molar-refractivity contribution in [3.8, 4) is 17.0 Å². The van der Waals surface area contributed by atoms with Crippen molar-refractivity contribution in [1.29, 1.82) is 0 Å². The molecule has 1 aromatic carbocycles. The van der Waals surface area contributed by atoms with Crippen LogP contribution in [0.25, 0.3) is 11.3 Å². The molecular formula is C15H18N2O2S2. The molecule has 112 valence electrons. The van der Waals surface area contributed by atoms with Gasteiger partial charge >= 0.3 is 0 Å². The monoisotopic (exact) mass is 322 g/mol. The van der Waals surface area contributed by atoms with Crippen molar-refractivity contribution < 1.29 is 9.53 Å². The first-order chi connectivity index (χ1) is 10.2. The van der Waals surface area contributed by atoms with Crippen molar-refractivity contribution in [3.05, 3.63) is 34.7 Å². The third-order valence-corrected chi connectivity index (χ3v) is 4.07. The predicted molar refractivity (Wildman–Crippen MR) is 89.3 cm³/mol. The van der Waals surface area contributed by atoms with E-state index >= 15 is 0 Å². The molecule has 0 aliphatic carbocycles. The zero-order chi connectivity index (χ0) is 15.1. The molecule has 0 saturated carbocycles. The first kappa shape index (κ1) is 15.9. The van der Waals surface area contributed by atoms with Crippen molar-refractivity contribution in [1.82, 2.24) is 10.3 Å². The fourth-order valence-corrected chi connectivity index (χ4v) is 2.83. The fourth-order valence-electron chi connectivity index (χ4n) is 1.82. The summed E-state index contributed by atoms with van der Waals surface area (Å²) in [4.78, 5) is 15.9. The summed E-state index contributed by atoms with van der Waals surface area (Å²) in [6, 6.07) is 7.83. The lowest BCUT2D eigenvalue weighted by Gasteiger charge is -2.02. The van der Waals surface area contributed by atoms with Gasteiger partial charge in [0.2, 0.25) is 5.91 Å². The molecule has 0 aliphatic rings. The van der Waals surface area contributed by atoms with Crippen LogP contribution in [0.15, 0.2) is 29.6 Å². The Morgan fingerprint density at radius 2 is 2.14 bits per heavy atom. The van der Waals surface area contributed by atoms with Crippen LogP contribution in [0, 0.1) is 0 Å². The van der Waals surface area contributed by atoms with Crippen LogP contribution >= 0.6 is 24.0 Å². The number of amides is 1. The summed E-state index contributed by atoms with van der Waals surface area (Å²) in [5.74, 6) is 1.45. The Balaban J connectivity index is 1.90. The molecule has 0 aliphatic heterocycles. The van der Waals surface area contributed by atoms with Crippen LogP contribution in [0.4, 0.5) is 0 Å². The maximum absolute atomic E-state index is 11.3. The van der Waals surface area contributed by atoms with Gasteiger partial charge in [-0.25, -0.2) is 4.98 Å². The standard InChI is InChI=1S/C15H18N2O2S2/c1-19-12-4-2-11(3-5-12)13-10-21-15(17-13)6-8-16-14(18)7-9-20/h2-5,10,20H,6-9H2,1H3,(H,16,18). The number of ether oxygens (including phenoxy) is 1. The second kappa shape index (κ2) is 8.05. The number of nitrogens with one attached hydrogen (secondary N) is 1. The van der Waals surface area contributed by atoms with Gasteiger partial charge in [-0.15, -0.1) is 11.3 Å². The third-order valence-electron chi connectivity index (χ3n) is 2.94. The highest BCUT2D eigenvalue weighted by atomic mass is 32.1. The number of methoxy groups -OCH3 is 1. The Kier molecular flexibility index (Phi) is 6.07. The lowest BCUT2D eigenvalue weighted by Crippen LogP contribution is -2.25. The van der Waals surface area contributed by atoms with E-state index in [0.29, 0.717) is 18.7 Å². The molecule has 0 bridgehead atoms. The summed E-state index contributed by atoms with van der Waals surface area (Å²) >= 11 is 5.64. The number of nitrogens with zero attached hydrogens (tertiary/aromatic N) is 1. The van der Waals surface area contributed by atoms with Crippen LogP contribution < -0.4 is 10.1 Å². The topological polar surface area (TPSA) is 51.2 Å². The minimum absolute atomic E-state index is 0.0388. The molecule has 6 heteroatoms. The van der Waals surface area contributed by atoms with E-state index in [9.17, 15) is 4.79 Å². The maximum Gasteiger partial charge on any atom is 0.220 e. The van der Waals surface area contributed by atoms with Gasteiger partial charge in [0.05, 0.1) is 17.8 Å². The number of carbonyl (C=O) groups is 1. The molecule has 0 fully saturated rings. The third kappa shape index (κ3) is 4.75. The van der Waals surface area contributed by atoms with Gasteiger partial charge in [0.25, 0.3) is 0 Å². The first-order valence-electron chi connectivity index (χ1n) is 6.69. The van der Waals surface area contributed by atoms with Crippen molar-refractivity contribution in [2.45, 2.75) is 12.8 Å². The molecule has 1 N–H and O–H groups in total. The summed E-state index contributed by atoms with van der Waals surface area (Å²) in [6.45, 7) is 0.613. The van der Waals surface area contributed by atoms with Crippen LogP contribution in [0.3, 0.4) is 0 Å². The highest BCUT2D eigenvalue weighted by Crippen LogP contribution is 2.24. The molecule has 0 atom stereocenters. The van der Waals surface area contributed by atoms with E-state index in [-0.39, 0.29) is 5.91 Å². The summed E-state index contributed by atoms with van der Waals surface area (Å²) in [6.07, 6.45) is 1.21. The Morgan fingerprint density at radius 3 is 2.81 bits per heavy atom. The molecule has 0 radical (unpaired) electrons. The SMILES string of the molecule is COc1ccc(-c2csc(CCNC(=O)CCS)n2)cc1. The van der Waals surface area contributed by atoms with Crippen LogP contribution in [0.1, 0.15) is 11.4 Å². The summed E-state index contributed by atoms with van der Waals surface area (Å²) in [5, 5.41) is 5.91. The zero-order valence-electron chi connectivity index (χ0n) is 11.8. The highest BCUT2D eigenvalue weighted by molar-refractivity contribution is 7.80. The highest BCUT2D eigenvalue weighted by Gasteiger charge is 2.06. The zero-order valence-corrected chi connectivity index (χ0v) is 13.5. The second-order valence-corrected chi connectivity index (χ2v) is 5.82. The van der Waals surface area contributed by atoms with Gasteiger partial charge in [-0.05, 0) is 30.0 Å². The number of aromatic nitrogens is 1. The molecule has 2 aromatic rings. The largest absolute Gasteiger partial charge is 0.497 e. The van der Waals surface area contributed by atoms with E-state index < -0.39 is 0 Å². The van der Waals surface area contributed by atoms with Crippen molar-refractivity contribution in [2.75, 3.05) is 19.4 Å². The summed E-state index contributed by atoms with van der Waals surface area (Å²) in [5.41, 5.74) is 2.02. The Bertz CT molecular complexity index is 582. The molecule has 4 nitrogen and oxygen atoms in total. The number of benzene rings is 1. The Labute approximate surface area is 134 Å². The van der Waals surface area contributed by atoms with E-state index in [1.54, 1.807) is 18.4 Å². The smallest absolute Gasteiger partial charge is 0.220 e. The van der Waals surface area contributed by atoms with Crippen LogP contribution in [-0.2, 0) is 11.2 Å². The Morgan fingerprint density at radius 1 is 1.38 bits per heavy atom. The summed E-state index contributed by atoms with van der Waals surface area (Å²) in [7, 11) is 1.65. The number of hydrogen-bond acceptors (Lipinski definition) is 5. The minimum Gasteiger partial charge on any atom is -0.497 e. The van der Waals surface area contributed by atoms with Crippen LogP contribution in [-0.4, -0.2) is 30.3 Å². The average Bonchev–Trinajstić information content (AvgIpc) is 2.96. The molecular weight excluding hydrogens is 304 g/mol. The summed E-state index contributed by atoms with van der Waals surface area (Å²) < 4.78 is 5.14. The van der Waals surface area contributed by atoms with E-state index in [0.717, 1.165) is 28.4 Å². The minimum atomic E-state index is 0.0388. The first-order valence-corrected chi connectivity index (χ1v) is 8.20. The maximum atomic E-state index is 11.3. The van der Waals surface area contributed by atoms with Gasteiger partial charge < -0.3 is 10.1 Å². The number of hydrogen-bond donors (Lipinski definition) is 2. The number of thiol groups is 1. The van der Waals surface area contributed by atoms with Crippen LogP contribution in [0.5, 0.6) is 5.75 Å². The number of thiazole rings is 1. The van der Waals surface area contributed by atoms with Gasteiger partial charge in [0.1, 0.15) is 5.75 Å². The molecule has 0 unspecified atom stereocenters. The molecule has 1 heterocycles. The predicted octanol–water partition coefficient (Wildman–Crippen LogP) is 2.80. The molecule has 1 aromatic heterocycles. The molecule has 0 saturated heterocycles. The number of rotatable bonds is 7. The van der Waals surface area contributed by atoms with Gasteiger partial charge in [-0.2, -0.15) is 12.6 Å². The Hall–Kier alpha value is -1.53.